The van der Waals surface area contributed by atoms with Gasteiger partial charge in [-0.25, -0.2) is 4.98 Å². The van der Waals surface area contributed by atoms with Crippen LogP contribution in [0.3, 0.4) is 0 Å². The third-order valence-electron chi connectivity index (χ3n) is 1.76. The summed E-state index contributed by atoms with van der Waals surface area (Å²) < 4.78 is 10.5. The van der Waals surface area contributed by atoms with Gasteiger partial charge in [0.2, 0.25) is 0 Å². The van der Waals surface area contributed by atoms with Gasteiger partial charge in [-0.3, -0.25) is 0 Å². The second-order valence-corrected chi connectivity index (χ2v) is 3.51. The molecule has 0 fully saturated rings. The molecule has 0 spiro atoms. The molecule has 78 valence electrons. The van der Waals surface area contributed by atoms with Crippen LogP contribution < -0.4 is 4.74 Å². The smallest absolute Gasteiger partial charge is 0.264 e. The van der Waals surface area contributed by atoms with Gasteiger partial charge in [-0.15, -0.1) is 0 Å². The van der Waals surface area contributed by atoms with Gasteiger partial charge in [0, 0.05) is 15.9 Å². The number of para-hydroxylation sites is 2. The normalized spacial score (nSPS) is 10.2. The van der Waals surface area contributed by atoms with Crippen LogP contribution in [0.1, 0.15) is 5.76 Å². The molecule has 1 aromatic carbocycles. The van der Waals surface area contributed by atoms with Crippen molar-refractivity contribution < 1.29 is 14.3 Å². The lowest BCUT2D eigenvalue weighted by Gasteiger charge is -2.04. The average Bonchev–Trinajstić information content (AvgIpc) is 2.63. The standard InChI is InChI=1S/C10H8BrNO3/c11-10-12-5-7(15-10)6-14-9-4-2-1-3-8(9)13/h1-5,13H,6H2. The fourth-order valence-corrected chi connectivity index (χ4v) is 1.39. The monoisotopic (exact) mass is 269 g/mol. The minimum atomic E-state index is 0.107. The van der Waals surface area contributed by atoms with E-state index < -0.39 is 0 Å². The summed E-state index contributed by atoms with van der Waals surface area (Å²) in [5.74, 6) is 1.12. The maximum Gasteiger partial charge on any atom is 0.264 e. The first-order chi connectivity index (χ1) is 7.25. The molecule has 0 saturated carbocycles. The Morgan fingerprint density at radius 2 is 2.20 bits per heavy atom. The van der Waals surface area contributed by atoms with E-state index in [9.17, 15) is 5.11 Å². The topological polar surface area (TPSA) is 55.5 Å². The Hall–Kier alpha value is -1.49. The summed E-state index contributed by atoms with van der Waals surface area (Å²) in [4.78, 5) is 4.27. The molecule has 0 aliphatic carbocycles. The summed E-state index contributed by atoms with van der Waals surface area (Å²) in [5.41, 5.74) is 0. The van der Waals surface area contributed by atoms with Crippen LogP contribution in [-0.4, -0.2) is 10.1 Å². The Balaban J connectivity index is 2.02. The third-order valence-corrected chi connectivity index (χ3v) is 2.13. The molecule has 2 rings (SSSR count). The van der Waals surface area contributed by atoms with Crippen molar-refractivity contribution in [3.8, 4) is 11.5 Å². The highest BCUT2D eigenvalue weighted by molar-refractivity contribution is 9.10. The SMILES string of the molecule is Oc1ccccc1OCc1cnc(Br)o1. The van der Waals surface area contributed by atoms with E-state index in [0.29, 0.717) is 16.3 Å². The molecular formula is C10H8BrNO3. The van der Waals surface area contributed by atoms with E-state index in [0.717, 1.165) is 0 Å². The number of phenols is 1. The molecule has 0 aliphatic heterocycles. The van der Waals surface area contributed by atoms with Crippen molar-refractivity contribution in [2.75, 3.05) is 0 Å². The Kier molecular flexibility index (Phi) is 2.91. The lowest BCUT2D eigenvalue weighted by atomic mass is 10.3. The van der Waals surface area contributed by atoms with E-state index in [4.69, 9.17) is 9.15 Å². The minimum absolute atomic E-state index is 0.107. The quantitative estimate of drug-likeness (QED) is 0.931. The lowest BCUT2D eigenvalue weighted by molar-refractivity contribution is 0.256. The number of rotatable bonds is 3. The summed E-state index contributed by atoms with van der Waals surface area (Å²) in [6, 6.07) is 6.75. The predicted octanol–water partition coefficient (Wildman–Crippen LogP) is 2.72. The van der Waals surface area contributed by atoms with Crippen molar-refractivity contribution in [1.82, 2.24) is 4.98 Å². The zero-order valence-corrected chi connectivity index (χ0v) is 9.27. The molecule has 0 saturated heterocycles. The molecule has 0 atom stereocenters. The molecule has 15 heavy (non-hydrogen) atoms. The van der Waals surface area contributed by atoms with Gasteiger partial charge in [-0.05, 0) is 12.1 Å². The zero-order chi connectivity index (χ0) is 10.7. The van der Waals surface area contributed by atoms with Gasteiger partial charge in [-0.1, -0.05) is 12.1 Å². The van der Waals surface area contributed by atoms with Gasteiger partial charge < -0.3 is 14.3 Å². The molecular weight excluding hydrogens is 262 g/mol. The zero-order valence-electron chi connectivity index (χ0n) is 7.68. The van der Waals surface area contributed by atoms with Crippen LogP contribution in [0, 0.1) is 0 Å². The molecule has 0 amide bonds. The number of hydrogen-bond acceptors (Lipinski definition) is 4. The molecule has 2 aromatic rings. The van der Waals surface area contributed by atoms with Crippen LogP contribution in [0.5, 0.6) is 11.5 Å². The molecule has 0 bridgehead atoms. The van der Waals surface area contributed by atoms with E-state index >= 15 is 0 Å². The van der Waals surface area contributed by atoms with Crippen LogP contribution in [0.25, 0.3) is 0 Å². The van der Waals surface area contributed by atoms with Crippen LogP contribution in [-0.2, 0) is 6.61 Å². The first-order valence-corrected chi connectivity index (χ1v) is 5.06. The summed E-state index contributed by atoms with van der Waals surface area (Å²) in [6.45, 7) is 0.232. The van der Waals surface area contributed by atoms with E-state index in [1.807, 2.05) is 0 Å². The van der Waals surface area contributed by atoms with Crippen molar-refractivity contribution in [3.05, 3.63) is 41.0 Å². The number of ether oxygens (including phenoxy) is 1. The fraction of sp³-hybridized carbons (Fsp3) is 0.100. The van der Waals surface area contributed by atoms with Crippen LogP contribution in [0.4, 0.5) is 0 Å². The Morgan fingerprint density at radius 1 is 1.40 bits per heavy atom. The second-order valence-electron chi connectivity index (χ2n) is 2.84. The molecule has 1 N–H and O–H groups in total. The molecule has 1 heterocycles. The summed E-state index contributed by atoms with van der Waals surface area (Å²) in [7, 11) is 0. The van der Waals surface area contributed by atoms with Gasteiger partial charge >= 0.3 is 0 Å². The number of aromatic nitrogens is 1. The first kappa shape index (κ1) is 10.0. The first-order valence-electron chi connectivity index (χ1n) is 4.27. The van der Waals surface area contributed by atoms with Gasteiger partial charge in [0.15, 0.2) is 17.3 Å². The van der Waals surface area contributed by atoms with Crippen molar-refractivity contribution in [2.24, 2.45) is 0 Å². The molecule has 1 aromatic heterocycles. The number of phenolic OH excluding ortho intramolecular Hbond substituents is 1. The van der Waals surface area contributed by atoms with Gasteiger partial charge in [-0.2, -0.15) is 0 Å². The van der Waals surface area contributed by atoms with E-state index in [1.165, 1.54) is 0 Å². The summed E-state index contributed by atoms with van der Waals surface area (Å²) >= 11 is 3.09. The Morgan fingerprint density at radius 3 is 2.87 bits per heavy atom. The number of hydrogen-bond donors (Lipinski definition) is 1. The van der Waals surface area contributed by atoms with E-state index in [-0.39, 0.29) is 12.4 Å². The van der Waals surface area contributed by atoms with Crippen LogP contribution >= 0.6 is 15.9 Å². The number of nitrogens with zero attached hydrogens (tertiary/aromatic N) is 1. The molecule has 5 heteroatoms. The third kappa shape index (κ3) is 2.50. The van der Waals surface area contributed by atoms with Crippen LogP contribution in [0.2, 0.25) is 0 Å². The second kappa shape index (κ2) is 4.35. The maximum absolute atomic E-state index is 9.41. The lowest BCUT2D eigenvalue weighted by Crippen LogP contribution is -1.93. The van der Waals surface area contributed by atoms with E-state index in [1.54, 1.807) is 30.5 Å². The highest BCUT2D eigenvalue weighted by Gasteiger charge is 2.04. The largest absolute Gasteiger partial charge is 0.504 e. The van der Waals surface area contributed by atoms with Gasteiger partial charge in [0.1, 0.15) is 6.61 Å². The number of benzene rings is 1. The van der Waals surface area contributed by atoms with E-state index in [2.05, 4.69) is 20.9 Å². The van der Waals surface area contributed by atoms with Crippen molar-refractivity contribution in [3.63, 3.8) is 0 Å². The fourth-order valence-electron chi connectivity index (χ4n) is 1.08. The molecule has 0 unspecified atom stereocenters. The Bertz CT molecular complexity index is 455. The van der Waals surface area contributed by atoms with Crippen molar-refractivity contribution in [1.29, 1.82) is 0 Å². The highest BCUT2D eigenvalue weighted by atomic mass is 79.9. The Labute approximate surface area is 94.6 Å². The maximum atomic E-state index is 9.41. The molecule has 0 radical (unpaired) electrons. The molecule has 4 nitrogen and oxygen atoms in total. The molecule has 0 aliphatic rings. The van der Waals surface area contributed by atoms with Crippen molar-refractivity contribution >= 4 is 15.9 Å². The minimum Gasteiger partial charge on any atom is -0.504 e. The summed E-state index contributed by atoms with van der Waals surface area (Å²) in [6.07, 6.45) is 1.56. The van der Waals surface area contributed by atoms with Gasteiger partial charge in [0.25, 0.3) is 4.80 Å². The number of aromatic hydroxyl groups is 1. The van der Waals surface area contributed by atoms with Gasteiger partial charge in [0.05, 0.1) is 6.20 Å². The highest BCUT2D eigenvalue weighted by Crippen LogP contribution is 2.25. The summed E-state index contributed by atoms with van der Waals surface area (Å²) in [5, 5.41) is 9.41. The van der Waals surface area contributed by atoms with Crippen LogP contribution in [0.15, 0.2) is 39.7 Å². The predicted molar refractivity (Wildman–Crippen MR) is 56.6 cm³/mol. The average molecular weight is 270 g/mol. The van der Waals surface area contributed by atoms with Crippen molar-refractivity contribution in [2.45, 2.75) is 6.61 Å². The number of halogens is 1. The number of oxazole rings is 1.